The summed E-state index contributed by atoms with van der Waals surface area (Å²) in [5.74, 6) is 0.611. The van der Waals surface area contributed by atoms with Crippen molar-refractivity contribution in [2.24, 2.45) is 5.92 Å². The van der Waals surface area contributed by atoms with Gasteiger partial charge in [0, 0.05) is 6.54 Å². The van der Waals surface area contributed by atoms with Gasteiger partial charge in [-0.1, -0.05) is 12.8 Å². The first-order valence-corrected chi connectivity index (χ1v) is 5.13. The molecule has 6 nitrogen and oxygen atoms in total. The zero-order chi connectivity index (χ0) is 10.7. The first-order valence-electron chi connectivity index (χ1n) is 5.13. The van der Waals surface area contributed by atoms with E-state index in [1.807, 2.05) is 0 Å². The summed E-state index contributed by atoms with van der Waals surface area (Å²) in [6, 6.07) is 0. The van der Waals surface area contributed by atoms with Gasteiger partial charge in [0.2, 0.25) is 11.5 Å². The molecule has 0 aliphatic heterocycles. The number of anilines is 1. The zero-order valence-electron chi connectivity index (χ0n) is 8.40. The van der Waals surface area contributed by atoms with Crippen molar-refractivity contribution in [1.82, 2.24) is 15.6 Å². The molecule has 0 unspecified atom stereocenters. The predicted octanol–water partition coefficient (Wildman–Crippen LogP) is 0.572. The monoisotopic (exact) mass is 210 g/mol. The zero-order valence-corrected chi connectivity index (χ0v) is 8.40. The summed E-state index contributed by atoms with van der Waals surface area (Å²) in [7, 11) is 0. The molecule has 6 heteroatoms. The number of hydrogen-bond acceptors (Lipinski definition) is 5. The maximum Gasteiger partial charge on any atom is 0.277 e. The minimum absolute atomic E-state index is 0.0368. The van der Waals surface area contributed by atoms with Crippen LogP contribution in [0.4, 0.5) is 5.82 Å². The van der Waals surface area contributed by atoms with E-state index in [0.717, 1.165) is 12.3 Å². The minimum Gasteiger partial charge on any atom is -0.379 e. The maximum atomic E-state index is 11.4. The molecule has 0 saturated heterocycles. The maximum absolute atomic E-state index is 11.4. The Bertz CT molecular complexity index is 346. The van der Waals surface area contributed by atoms with Gasteiger partial charge in [0.1, 0.15) is 0 Å². The normalized spacial score (nSPS) is 15.2. The van der Waals surface area contributed by atoms with Crippen molar-refractivity contribution in [1.29, 1.82) is 0 Å². The van der Waals surface area contributed by atoms with Crippen LogP contribution in [0.2, 0.25) is 0 Å². The summed E-state index contributed by atoms with van der Waals surface area (Å²) in [6.45, 7) is 0.654. The number of nitrogens with zero attached hydrogens (tertiary/aromatic N) is 2. The smallest absolute Gasteiger partial charge is 0.277 e. The van der Waals surface area contributed by atoms with Crippen molar-refractivity contribution in [2.75, 3.05) is 12.3 Å². The van der Waals surface area contributed by atoms with Crippen LogP contribution in [0, 0.1) is 5.92 Å². The molecular formula is C9H14N4O2. The molecular weight excluding hydrogens is 196 g/mol. The Morgan fingerprint density at radius 1 is 1.53 bits per heavy atom. The standard InChI is InChI=1S/C9H14N4O2/c10-8-7(12-15-13-8)9(14)11-5-1-2-6-3-4-6/h6H,1-5H2,(H2,10,13)(H,11,14). The number of nitrogens with two attached hydrogens (primary N) is 1. The molecule has 1 aromatic heterocycles. The Morgan fingerprint density at radius 2 is 2.33 bits per heavy atom. The fraction of sp³-hybridized carbons (Fsp3) is 0.667. The van der Waals surface area contributed by atoms with E-state index >= 15 is 0 Å². The fourth-order valence-corrected chi connectivity index (χ4v) is 1.44. The fourth-order valence-electron chi connectivity index (χ4n) is 1.44. The number of amides is 1. The molecule has 0 aromatic carbocycles. The van der Waals surface area contributed by atoms with Crippen LogP contribution in [-0.2, 0) is 0 Å². The van der Waals surface area contributed by atoms with Gasteiger partial charge < -0.3 is 11.1 Å². The lowest BCUT2D eigenvalue weighted by Gasteiger charge is -2.01. The molecule has 0 radical (unpaired) electrons. The van der Waals surface area contributed by atoms with Gasteiger partial charge >= 0.3 is 0 Å². The molecule has 0 bridgehead atoms. The average molecular weight is 210 g/mol. The molecule has 1 heterocycles. The number of carbonyl (C=O) groups is 1. The topological polar surface area (TPSA) is 94.0 Å². The van der Waals surface area contributed by atoms with E-state index in [-0.39, 0.29) is 17.4 Å². The van der Waals surface area contributed by atoms with Crippen LogP contribution < -0.4 is 11.1 Å². The number of carbonyl (C=O) groups excluding carboxylic acids is 1. The van der Waals surface area contributed by atoms with Crippen molar-refractivity contribution in [3.05, 3.63) is 5.69 Å². The molecule has 1 aliphatic rings. The highest BCUT2D eigenvalue weighted by Crippen LogP contribution is 2.33. The second-order valence-corrected chi connectivity index (χ2v) is 3.84. The summed E-state index contributed by atoms with van der Waals surface area (Å²) in [6.07, 6.45) is 4.87. The number of nitrogen functional groups attached to an aromatic ring is 1. The van der Waals surface area contributed by atoms with Crippen molar-refractivity contribution in [2.45, 2.75) is 25.7 Å². The van der Waals surface area contributed by atoms with Crippen LogP contribution in [0.3, 0.4) is 0 Å². The number of nitrogens with one attached hydrogen (secondary N) is 1. The van der Waals surface area contributed by atoms with Crippen molar-refractivity contribution in [3.8, 4) is 0 Å². The highest BCUT2D eigenvalue weighted by atomic mass is 16.6. The molecule has 2 rings (SSSR count). The summed E-state index contributed by atoms with van der Waals surface area (Å²) >= 11 is 0. The van der Waals surface area contributed by atoms with Crippen LogP contribution in [0.5, 0.6) is 0 Å². The van der Waals surface area contributed by atoms with E-state index in [1.54, 1.807) is 0 Å². The van der Waals surface area contributed by atoms with Gasteiger partial charge in [0.25, 0.3) is 5.91 Å². The predicted molar refractivity (Wildman–Crippen MR) is 53.0 cm³/mol. The second-order valence-electron chi connectivity index (χ2n) is 3.84. The van der Waals surface area contributed by atoms with Gasteiger partial charge in [0.05, 0.1) is 0 Å². The lowest BCUT2D eigenvalue weighted by molar-refractivity contribution is 0.0943. The largest absolute Gasteiger partial charge is 0.379 e. The van der Waals surface area contributed by atoms with Crippen molar-refractivity contribution in [3.63, 3.8) is 0 Å². The third kappa shape index (κ3) is 2.68. The van der Waals surface area contributed by atoms with Gasteiger partial charge in [0.15, 0.2) is 0 Å². The Balaban J connectivity index is 1.69. The molecule has 1 aliphatic carbocycles. The Morgan fingerprint density at radius 3 is 2.93 bits per heavy atom. The molecule has 82 valence electrons. The third-order valence-electron chi connectivity index (χ3n) is 2.50. The molecule has 0 spiro atoms. The lowest BCUT2D eigenvalue weighted by atomic mass is 10.2. The summed E-state index contributed by atoms with van der Waals surface area (Å²) in [5, 5.41) is 9.48. The second kappa shape index (κ2) is 4.29. The number of hydrogen-bond donors (Lipinski definition) is 2. The van der Waals surface area contributed by atoms with Gasteiger partial charge in [-0.25, -0.2) is 4.63 Å². The summed E-state index contributed by atoms with van der Waals surface area (Å²) in [5.41, 5.74) is 5.45. The van der Waals surface area contributed by atoms with E-state index < -0.39 is 0 Å². The Hall–Kier alpha value is -1.59. The third-order valence-corrected chi connectivity index (χ3v) is 2.50. The Kier molecular flexibility index (Phi) is 2.84. The van der Waals surface area contributed by atoms with E-state index in [1.165, 1.54) is 19.3 Å². The Labute approximate surface area is 87.2 Å². The van der Waals surface area contributed by atoms with Gasteiger partial charge in [-0.15, -0.1) is 0 Å². The van der Waals surface area contributed by atoms with Gasteiger partial charge in [-0.2, -0.15) is 0 Å². The van der Waals surface area contributed by atoms with Crippen LogP contribution >= 0.6 is 0 Å². The van der Waals surface area contributed by atoms with Crippen LogP contribution in [0.1, 0.15) is 36.2 Å². The number of rotatable bonds is 5. The average Bonchev–Trinajstić information content (AvgIpc) is 2.94. The minimum atomic E-state index is -0.315. The SMILES string of the molecule is Nc1nonc1C(=O)NCCCC1CC1. The number of aromatic nitrogens is 2. The molecule has 1 amide bonds. The first-order chi connectivity index (χ1) is 7.27. The molecule has 1 saturated carbocycles. The molecule has 3 N–H and O–H groups in total. The molecule has 0 atom stereocenters. The highest BCUT2D eigenvalue weighted by molar-refractivity contribution is 5.95. The van der Waals surface area contributed by atoms with Gasteiger partial charge in [-0.05, 0) is 29.1 Å². The summed E-state index contributed by atoms with van der Waals surface area (Å²) in [4.78, 5) is 11.4. The van der Waals surface area contributed by atoms with E-state index in [9.17, 15) is 4.79 Å². The van der Waals surface area contributed by atoms with Crippen LogP contribution in [0.25, 0.3) is 0 Å². The van der Waals surface area contributed by atoms with Crippen molar-refractivity contribution < 1.29 is 9.42 Å². The van der Waals surface area contributed by atoms with Crippen LogP contribution in [-0.4, -0.2) is 22.8 Å². The molecule has 15 heavy (non-hydrogen) atoms. The molecule has 1 aromatic rings. The quantitative estimate of drug-likeness (QED) is 0.693. The van der Waals surface area contributed by atoms with Crippen LogP contribution in [0.15, 0.2) is 4.63 Å². The lowest BCUT2D eigenvalue weighted by Crippen LogP contribution is -2.25. The van der Waals surface area contributed by atoms with Crippen molar-refractivity contribution >= 4 is 11.7 Å². The highest BCUT2D eigenvalue weighted by Gasteiger charge is 2.20. The van der Waals surface area contributed by atoms with Gasteiger partial charge in [-0.3, -0.25) is 4.79 Å². The molecule has 1 fully saturated rings. The van der Waals surface area contributed by atoms with E-state index in [4.69, 9.17) is 5.73 Å². The summed E-state index contributed by atoms with van der Waals surface area (Å²) < 4.78 is 4.34. The first kappa shape index (κ1) is 9.95. The van der Waals surface area contributed by atoms with E-state index in [0.29, 0.717) is 6.54 Å². The van der Waals surface area contributed by atoms with E-state index in [2.05, 4.69) is 20.3 Å².